The molecule has 0 radical (unpaired) electrons. The van der Waals surface area contributed by atoms with Gasteiger partial charge in [-0.2, -0.15) is 0 Å². The van der Waals surface area contributed by atoms with Gasteiger partial charge in [0.1, 0.15) is 0 Å². The minimum atomic E-state index is 0.664. The molecule has 0 unspecified atom stereocenters. The molecule has 0 aliphatic carbocycles. The Kier molecular flexibility index (Phi) is 3.74. The summed E-state index contributed by atoms with van der Waals surface area (Å²) in [6.45, 7) is 0.738. The Hall–Kier alpha value is -0.550. The molecule has 5 heteroatoms. The molecule has 0 amide bonds. The third-order valence-corrected chi connectivity index (χ3v) is 2.51. The summed E-state index contributed by atoms with van der Waals surface area (Å²) in [5.74, 6) is 0. The molecule has 0 fully saturated rings. The molecule has 72 valence electrons. The number of aromatic nitrogens is 1. The average Bonchev–Trinajstić information content (AvgIpc) is 2.41. The fourth-order valence-electron chi connectivity index (χ4n) is 1.00. The number of nitrogens with one attached hydrogen (secondary N) is 2. The van der Waals surface area contributed by atoms with E-state index in [4.69, 9.17) is 12.2 Å². The predicted molar refractivity (Wildman–Crippen MR) is 61.6 cm³/mol. The molecule has 1 aromatic rings. The van der Waals surface area contributed by atoms with E-state index in [0.29, 0.717) is 5.11 Å². The van der Waals surface area contributed by atoms with Crippen LogP contribution >= 0.6 is 28.1 Å². The Bertz CT molecular complexity index is 308. The molecule has 0 spiro atoms. The summed E-state index contributed by atoms with van der Waals surface area (Å²) in [6.07, 6.45) is 2.01. The lowest BCUT2D eigenvalue weighted by atomic mass is 10.4. The lowest BCUT2D eigenvalue weighted by Gasteiger charge is -2.07. The Morgan fingerprint density at radius 3 is 2.85 bits per heavy atom. The van der Waals surface area contributed by atoms with Crippen molar-refractivity contribution in [3.8, 4) is 0 Å². The first kappa shape index (κ1) is 10.5. The van der Waals surface area contributed by atoms with Crippen LogP contribution in [0.4, 0.5) is 0 Å². The molecular formula is C8H12BrN3S. The highest BCUT2D eigenvalue weighted by Crippen LogP contribution is 2.13. The van der Waals surface area contributed by atoms with Crippen LogP contribution in [-0.4, -0.2) is 16.7 Å². The molecule has 0 aliphatic rings. The van der Waals surface area contributed by atoms with E-state index in [1.165, 1.54) is 5.69 Å². The van der Waals surface area contributed by atoms with Gasteiger partial charge in [-0.3, -0.25) is 0 Å². The average molecular weight is 262 g/mol. The summed E-state index contributed by atoms with van der Waals surface area (Å²) < 4.78 is 3.14. The molecule has 1 aromatic heterocycles. The predicted octanol–water partition coefficient (Wildman–Crippen LogP) is 1.38. The van der Waals surface area contributed by atoms with E-state index >= 15 is 0 Å². The van der Waals surface area contributed by atoms with Gasteiger partial charge in [-0.05, 0) is 34.2 Å². The largest absolute Gasteiger partial charge is 0.366 e. The van der Waals surface area contributed by atoms with Gasteiger partial charge in [-0.15, -0.1) is 0 Å². The van der Waals surface area contributed by atoms with Gasteiger partial charge in [-0.1, -0.05) is 0 Å². The summed E-state index contributed by atoms with van der Waals surface area (Å²) in [5, 5.41) is 6.61. The van der Waals surface area contributed by atoms with Crippen molar-refractivity contribution in [2.75, 3.05) is 7.05 Å². The zero-order valence-electron chi connectivity index (χ0n) is 7.60. The molecule has 0 bridgehead atoms. The van der Waals surface area contributed by atoms with Crippen molar-refractivity contribution >= 4 is 33.3 Å². The number of hydrogen-bond acceptors (Lipinski definition) is 1. The zero-order chi connectivity index (χ0) is 9.84. The molecule has 1 rings (SSSR count). The highest BCUT2D eigenvalue weighted by atomic mass is 79.9. The smallest absolute Gasteiger partial charge is 0.166 e. The monoisotopic (exact) mass is 261 g/mol. The maximum atomic E-state index is 4.96. The first-order valence-electron chi connectivity index (χ1n) is 3.90. The Morgan fingerprint density at radius 2 is 2.38 bits per heavy atom. The third kappa shape index (κ3) is 3.00. The lowest BCUT2D eigenvalue weighted by Crippen LogP contribution is -2.32. The minimum absolute atomic E-state index is 0.664. The molecule has 3 nitrogen and oxygen atoms in total. The van der Waals surface area contributed by atoms with Crippen LogP contribution in [0.25, 0.3) is 0 Å². The number of thiocarbonyl (C=S) groups is 1. The summed E-state index contributed by atoms with van der Waals surface area (Å²) in [6, 6.07) is 2.06. The van der Waals surface area contributed by atoms with Gasteiger partial charge in [-0.25, -0.2) is 0 Å². The van der Waals surface area contributed by atoms with Crippen LogP contribution in [0.15, 0.2) is 16.7 Å². The number of nitrogens with zero attached hydrogens (tertiary/aromatic N) is 1. The van der Waals surface area contributed by atoms with E-state index in [1.54, 1.807) is 7.05 Å². The van der Waals surface area contributed by atoms with Gasteiger partial charge < -0.3 is 15.2 Å². The van der Waals surface area contributed by atoms with E-state index in [0.717, 1.165) is 11.0 Å². The van der Waals surface area contributed by atoms with Gasteiger partial charge in [0.2, 0.25) is 0 Å². The van der Waals surface area contributed by atoms with E-state index in [-0.39, 0.29) is 0 Å². The van der Waals surface area contributed by atoms with Crippen LogP contribution in [0.3, 0.4) is 0 Å². The summed E-state index contributed by atoms with van der Waals surface area (Å²) in [5.41, 5.74) is 1.18. The first-order valence-corrected chi connectivity index (χ1v) is 5.10. The summed E-state index contributed by atoms with van der Waals surface area (Å²) in [4.78, 5) is 0. The van der Waals surface area contributed by atoms with Gasteiger partial charge in [0.25, 0.3) is 0 Å². The van der Waals surface area contributed by atoms with Crippen molar-refractivity contribution in [2.24, 2.45) is 7.05 Å². The van der Waals surface area contributed by atoms with Crippen LogP contribution in [0.1, 0.15) is 5.69 Å². The molecule has 0 atom stereocenters. The van der Waals surface area contributed by atoms with Crippen molar-refractivity contribution in [2.45, 2.75) is 6.54 Å². The maximum absolute atomic E-state index is 4.96. The number of aryl methyl sites for hydroxylation is 1. The van der Waals surface area contributed by atoms with Gasteiger partial charge >= 0.3 is 0 Å². The highest BCUT2D eigenvalue weighted by molar-refractivity contribution is 9.10. The van der Waals surface area contributed by atoms with Crippen molar-refractivity contribution in [1.82, 2.24) is 15.2 Å². The molecule has 0 saturated carbocycles. The highest BCUT2D eigenvalue weighted by Gasteiger charge is 2.00. The SMILES string of the molecule is CNC(=S)NCc1cc(Br)cn1C. The van der Waals surface area contributed by atoms with E-state index in [9.17, 15) is 0 Å². The molecule has 1 heterocycles. The second kappa shape index (κ2) is 4.62. The van der Waals surface area contributed by atoms with Crippen LogP contribution in [-0.2, 0) is 13.6 Å². The van der Waals surface area contributed by atoms with Gasteiger partial charge in [0.05, 0.1) is 6.54 Å². The van der Waals surface area contributed by atoms with Crippen molar-refractivity contribution in [1.29, 1.82) is 0 Å². The van der Waals surface area contributed by atoms with Gasteiger partial charge in [0.15, 0.2) is 5.11 Å². The Labute approximate surface area is 91.6 Å². The summed E-state index contributed by atoms with van der Waals surface area (Å²) >= 11 is 8.37. The standard InChI is InChI=1S/C8H12BrN3S/c1-10-8(13)11-4-7-3-6(9)5-12(7)2/h3,5H,4H2,1-2H3,(H2,10,11,13). The fraction of sp³-hybridized carbons (Fsp3) is 0.375. The molecule has 0 aromatic carbocycles. The number of rotatable bonds is 2. The fourth-order valence-corrected chi connectivity index (χ4v) is 1.64. The Morgan fingerprint density at radius 1 is 1.69 bits per heavy atom. The van der Waals surface area contributed by atoms with Crippen molar-refractivity contribution in [3.63, 3.8) is 0 Å². The summed E-state index contributed by atoms with van der Waals surface area (Å²) in [7, 11) is 3.81. The van der Waals surface area contributed by atoms with Crippen LogP contribution < -0.4 is 10.6 Å². The first-order chi connectivity index (χ1) is 6.13. The second-order valence-corrected chi connectivity index (χ2v) is 4.02. The molecular weight excluding hydrogens is 250 g/mol. The van der Waals surface area contributed by atoms with Crippen molar-refractivity contribution in [3.05, 3.63) is 22.4 Å². The van der Waals surface area contributed by atoms with Gasteiger partial charge in [0, 0.05) is 30.5 Å². The third-order valence-electron chi connectivity index (χ3n) is 1.73. The van der Waals surface area contributed by atoms with Crippen molar-refractivity contribution < 1.29 is 0 Å². The molecule has 13 heavy (non-hydrogen) atoms. The van der Waals surface area contributed by atoms with E-state index in [2.05, 4.69) is 37.2 Å². The number of halogens is 1. The quantitative estimate of drug-likeness (QED) is 0.789. The number of hydrogen-bond donors (Lipinski definition) is 2. The minimum Gasteiger partial charge on any atom is -0.366 e. The lowest BCUT2D eigenvalue weighted by molar-refractivity contribution is 0.774. The molecule has 2 N–H and O–H groups in total. The topological polar surface area (TPSA) is 29.0 Å². The molecule has 0 aliphatic heterocycles. The normalized spacial score (nSPS) is 9.77. The zero-order valence-corrected chi connectivity index (χ0v) is 10.00. The van der Waals surface area contributed by atoms with Crippen LogP contribution in [0, 0.1) is 0 Å². The van der Waals surface area contributed by atoms with E-state index in [1.807, 2.05) is 13.2 Å². The van der Waals surface area contributed by atoms with Crippen LogP contribution in [0.2, 0.25) is 0 Å². The van der Waals surface area contributed by atoms with E-state index < -0.39 is 0 Å². The maximum Gasteiger partial charge on any atom is 0.166 e. The van der Waals surface area contributed by atoms with Crippen LogP contribution in [0.5, 0.6) is 0 Å². The molecule has 0 saturated heterocycles. The second-order valence-electron chi connectivity index (χ2n) is 2.69. The Balaban J connectivity index is 2.54.